The summed E-state index contributed by atoms with van der Waals surface area (Å²) >= 11 is 1.19. The summed E-state index contributed by atoms with van der Waals surface area (Å²) in [6.07, 6.45) is 0. The zero-order chi connectivity index (χ0) is 14.7. The Hall–Kier alpha value is -1.82. The second-order valence-corrected chi connectivity index (χ2v) is 5.55. The van der Waals surface area contributed by atoms with Crippen LogP contribution in [0, 0.1) is 13.8 Å². The van der Waals surface area contributed by atoms with Crippen LogP contribution in [-0.4, -0.2) is 31.6 Å². The first-order valence-corrected chi connectivity index (χ1v) is 7.36. The van der Waals surface area contributed by atoms with Crippen LogP contribution in [0.25, 0.3) is 11.4 Å². The highest BCUT2D eigenvalue weighted by Gasteiger charge is 2.14. The lowest BCUT2D eigenvalue weighted by Crippen LogP contribution is -2.03. The molecular weight excluding hydrogens is 274 g/mol. The minimum atomic E-state index is -0.853. The molecule has 1 aromatic carbocycles. The average molecular weight is 291 g/mol. The van der Waals surface area contributed by atoms with Gasteiger partial charge in [0.2, 0.25) is 0 Å². The zero-order valence-electron chi connectivity index (χ0n) is 11.8. The van der Waals surface area contributed by atoms with Crippen LogP contribution in [0.1, 0.15) is 18.1 Å². The molecule has 0 amide bonds. The Morgan fingerprint density at radius 3 is 2.45 bits per heavy atom. The number of aryl methyl sites for hydroxylation is 2. The van der Waals surface area contributed by atoms with Crippen molar-refractivity contribution in [3.8, 4) is 11.4 Å². The van der Waals surface area contributed by atoms with E-state index in [1.807, 2.05) is 25.3 Å². The minimum Gasteiger partial charge on any atom is -0.481 e. The number of carboxylic acids is 1. The maximum absolute atomic E-state index is 10.7. The normalized spacial score (nSPS) is 10.8. The van der Waals surface area contributed by atoms with E-state index in [0.717, 1.165) is 11.4 Å². The molecule has 0 aliphatic carbocycles. The van der Waals surface area contributed by atoms with Crippen molar-refractivity contribution in [2.45, 2.75) is 32.5 Å². The summed E-state index contributed by atoms with van der Waals surface area (Å²) in [5.41, 5.74) is 3.36. The number of aromatic nitrogens is 3. The molecule has 1 heterocycles. The number of aliphatic carboxylic acids is 1. The van der Waals surface area contributed by atoms with Crippen LogP contribution in [0.4, 0.5) is 0 Å². The molecule has 0 saturated carbocycles. The molecule has 0 aliphatic heterocycles. The molecule has 0 spiro atoms. The van der Waals surface area contributed by atoms with E-state index in [1.165, 1.54) is 22.9 Å². The molecule has 1 aromatic heterocycles. The lowest BCUT2D eigenvalue weighted by Gasteiger charge is -2.08. The topological polar surface area (TPSA) is 68.0 Å². The number of carboxylic acid groups (broad SMARTS) is 1. The van der Waals surface area contributed by atoms with E-state index < -0.39 is 5.97 Å². The smallest absolute Gasteiger partial charge is 0.313 e. The molecule has 2 rings (SSSR count). The molecule has 0 aliphatic rings. The highest BCUT2D eigenvalue weighted by molar-refractivity contribution is 7.99. The summed E-state index contributed by atoms with van der Waals surface area (Å²) in [5, 5.41) is 17.7. The van der Waals surface area contributed by atoms with E-state index in [0.29, 0.717) is 11.7 Å². The molecule has 5 nitrogen and oxygen atoms in total. The van der Waals surface area contributed by atoms with E-state index in [1.54, 1.807) is 0 Å². The van der Waals surface area contributed by atoms with Gasteiger partial charge in [-0.15, -0.1) is 10.2 Å². The minimum absolute atomic E-state index is 0.00895. The Labute approximate surface area is 122 Å². The molecule has 0 radical (unpaired) electrons. The summed E-state index contributed by atoms with van der Waals surface area (Å²) in [6.45, 7) is 6.80. The van der Waals surface area contributed by atoms with E-state index in [-0.39, 0.29) is 5.75 Å². The van der Waals surface area contributed by atoms with Crippen LogP contribution in [0.15, 0.2) is 23.4 Å². The average Bonchev–Trinajstić information content (AvgIpc) is 2.77. The second kappa shape index (κ2) is 6.09. The number of hydrogen-bond donors (Lipinski definition) is 1. The Morgan fingerprint density at radius 2 is 1.90 bits per heavy atom. The number of carbonyl (C=O) groups is 1. The van der Waals surface area contributed by atoms with Gasteiger partial charge < -0.3 is 9.67 Å². The first-order valence-electron chi connectivity index (χ1n) is 6.37. The van der Waals surface area contributed by atoms with E-state index in [2.05, 4.69) is 28.4 Å². The Balaban J connectivity index is 2.39. The second-order valence-electron chi connectivity index (χ2n) is 4.61. The third kappa shape index (κ3) is 3.19. The highest BCUT2D eigenvalue weighted by Crippen LogP contribution is 2.25. The van der Waals surface area contributed by atoms with Gasteiger partial charge in [-0.05, 0) is 32.9 Å². The van der Waals surface area contributed by atoms with Crippen molar-refractivity contribution in [3.05, 3.63) is 29.3 Å². The van der Waals surface area contributed by atoms with E-state index in [4.69, 9.17) is 5.11 Å². The molecule has 0 atom stereocenters. The van der Waals surface area contributed by atoms with Crippen molar-refractivity contribution in [2.24, 2.45) is 0 Å². The van der Waals surface area contributed by atoms with Gasteiger partial charge in [0.1, 0.15) is 0 Å². The van der Waals surface area contributed by atoms with Gasteiger partial charge in [-0.2, -0.15) is 0 Å². The van der Waals surface area contributed by atoms with Crippen LogP contribution in [0.2, 0.25) is 0 Å². The van der Waals surface area contributed by atoms with Crippen molar-refractivity contribution < 1.29 is 9.90 Å². The number of rotatable bonds is 5. The van der Waals surface area contributed by atoms with Gasteiger partial charge in [-0.25, -0.2) is 0 Å². The predicted molar refractivity (Wildman–Crippen MR) is 79.0 cm³/mol. The van der Waals surface area contributed by atoms with E-state index in [9.17, 15) is 4.79 Å². The Morgan fingerprint density at radius 1 is 1.25 bits per heavy atom. The first kappa shape index (κ1) is 14.6. The maximum atomic E-state index is 10.7. The van der Waals surface area contributed by atoms with E-state index >= 15 is 0 Å². The molecule has 0 unspecified atom stereocenters. The first-order chi connectivity index (χ1) is 9.51. The predicted octanol–water partition coefficient (Wildman–Crippen LogP) is 2.76. The summed E-state index contributed by atoms with van der Waals surface area (Å²) < 4.78 is 1.95. The van der Waals surface area contributed by atoms with Gasteiger partial charge in [-0.3, -0.25) is 4.79 Å². The van der Waals surface area contributed by atoms with Crippen molar-refractivity contribution in [1.82, 2.24) is 14.8 Å². The number of benzene rings is 1. The van der Waals surface area contributed by atoms with Crippen LogP contribution < -0.4 is 0 Å². The largest absolute Gasteiger partial charge is 0.481 e. The van der Waals surface area contributed by atoms with Gasteiger partial charge in [0.05, 0.1) is 5.75 Å². The van der Waals surface area contributed by atoms with Crippen LogP contribution in [0.3, 0.4) is 0 Å². The monoisotopic (exact) mass is 291 g/mol. The standard InChI is InChI=1S/C14H17N3O2S/c1-4-17-13(11-6-9(2)5-10(3)7-11)15-16-14(17)20-8-12(18)19/h5-7H,4,8H2,1-3H3,(H,18,19). The number of thioether (sulfide) groups is 1. The quantitative estimate of drug-likeness (QED) is 0.858. The lowest BCUT2D eigenvalue weighted by atomic mass is 10.1. The Kier molecular flexibility index (Phi) is 4.44. The zero-order valence-corrected chi connectivity index (χ0v) is 12.6. The fraction of sp³-hybridized carbons (Fsp3) is 0.357. The fourth-order valence-electron chi connectivity index (χ4n) is 2.12. The van der Waals surface area contributed by atoms with Crippen molar-refractivity contribution in [3.63, 3.8) is 0 Å². The SMILES string of the molecule is CCn1c(SCC(=O)O)nnc1-c1cc(C)cc(C)c1. The fourth-order valence-corrected chi connectivity index (χ4v) is 2.85. The lowest BCUT2D eigenvalue weighted by molar-refractivity contribution is -0.133. The van der Waals surface area contributed by atoms with Gasteiger partial charge in [0.15, 0.2) is 11.0 Å². The molecule has 2 aromatic rings. The van der Waals surface area contributed by atoms with Crippen molar-refractivity contribution in [2.75, 3.05) is 5.75 Å². The van der Waals surface area contributed by atoms with Gasteiger partial charge in [0, 0.05) is 12.1 Å². The summed E-state index contributed by atoms with van der Waals surface area (Å²) in [4.78, 5) is 10.7. The van der Waals surface area contributed by atoms with Crippen molar-refractivity contribution in [1.29, 1.82) is 0 Å². The van der Waals surface area contributed by atoms with Crippen molar-refractivity contribution >= 4 is 17.7 Å². The molecule has 6 heteroatoms. The van der Waals surface area contributed by atoms with Crippen LogP contribution in [0.5, 0.6) is 0 Å². The van der Waals surface area contributed by atoms with Crippen LogP contribution >= 0.6 is 11.8 Å². The summed E-state index contributed by atoms with van der Waals surface area (Å²) in [5.74, 6) is -0.0777. The molecule has 0 fully saturated rings. The number of hydrogen-bond acceptors (Lipinski definition) is 4. The van der Waals surface area contributed by atoms with Crippen LogP contribution in [-0.2, 0) is 11.3 Å². The molecule has 0 saturated heterocycles. The molecule has 106 valence electrons. The third-order valence-corrected chi connectivity index (χ3v) is 3.79. The highest BCUT2D eigenvalue weighted by atomic mass is 32.2. The molecule has 0 bridgehead atoms. The van der Waals surface area contributed by atoms with Gasteiger partial charge in [0.25, 0.3) is 0 Å². The summed E-state index contributed by atoms with van der Waals surface area (Å²) in [7, 11) is 0. The molecule has 20 heavy (non-hydrogen) atoms. The molecular formula is C14H17N3O2S. The Bertz CT molecular complexity index is 617. The maximum Gasteiger partial charge on any atom is 0.313 e. The van der Waals surface area contributed by atoms with Gasteiger partial charge in [-0.1, -0.05) is 29.0 Å². The summed E-state index contributed by atoms with van der Waals surface area (Å²) in [6, 6.07) is 6.24. The van der Waals surface area contributed by atoms with Gasteiger partial charge >= 0.3 is 5.97 Å². The molecule has 1 N–H and O–H groups in total. The number of nitrogens with zero attached hydrogens (tertiary/aromatic N) is 3. The third-order valence-electron chi connectivity index (χ3n) is 2.84.